The molecule has 0 unspecified atom stereocenters. The second-order valence-electron chi connectivity index (χ2n) is 6.65. The Morgan fingerprint density at radius 2 is 1.90 bits per heavy atom. The van der Waals surface area contributed by atoms with Crippen LogP contribution in [0.3, 0.4) is 0 Å². The molecule has 0 aromatic carbocycles. The summed E-state index contributed by atoms with van der Waals surface area (Å²) in [6.07, 6.45) is 2.31. The number of ether oxygens (including phenoxy) is 2. The Balaban J connectivity index is 1.80. The Morgan fingerprint density at radius 3 is 2.45 bits per heavy atom. The van der Waals surface area contributed by atoms with Crippen molar-refractivity contribution in [2.45, 2.75) is 26.4 Å². The molecule has 2 amide bonds. The van der Waals surface area contributed by atoms with E-state index in [0.717, 1.165) is 19.5 Å². The molecule has 152 valence electrons. The van der Waals surface area contributed by atoms with Gasteiger partial charge in [0.25, 0.3) is 11.8 Å². The second-order valence-corrected chi connectivity index (χ2v) is 7.09. The summed E-state index contributed by atoms with van der Waals surface area (Å²) in [4.78, 5) is 34.6. The van der Waals surface area contributed by atoms with Crippen LogP contribution in [-0.2, 0) is 0 Å². The van der Waals surface area contributed by atoms with E-state index in [1.165, 1.54) is 18.3 Å². The first-order valence-electron chi connectivity index (χ1n) is 9.04. The van der Waals surface area contributed by atoms with Crippen LogP contribution in [-0.4, -0.2) is 51.0 Å². The Morgan fingerprint density at radius 1 is 1.17 bits per heavy atom. The maximum absolute atomic E-state index is 12.2. The maximum atomic E-state index is 12.2. The van der Waals surface area contributed by atoms with Gasteiger partial charge in [0.05, 0.1) is 17.2 Å². The largest absolute Gasteiger partial charge is 0.475 e. The Bertz CT molecular complexity index is 929. The molecule has 0 atom stereocenters. The smallest absolute Gasteiger partial charge is 0.257 e. The van der Waals surface area contributed by atoms with Crippen LogP contribution >= 0.6 is 12.2 Å². The molecule has 9 nitrogen and oxygen atoms in total. The molecule has 3 rings (SSSR count). The van der Waals surface area contributed by atoms with Crippen LogP contribution in [0.25, 0.3) is 0 Å². The average molecular weight is 415 g/mol. The summed E-state index contributed by atoms with van der Waals surface area (Å²) in [5, 5.41) is 2.20. The molecule has 2 aromatic heterocycles. The average Bonchev–Trinajstić information content (AvgIpc) is 2.59. The number of carbonyl (C=O) groups is 2. The number of nitrogens with two attached hydrogens (primary N) is 1. The van der Waals surface area contributed by atoms with Gasteiger partial charge in [0, 0.05) is 37.5 Å². The van der Waals surface area contributed by atoms with Crippen molar-refractivity contribution in [1.29, 1.82) is 0 Å². The molecular weight excluding hydrogens is 394 g/mol. The minimum Gasteiger partial charge on any atom is -0.475 e. The predicted octanol–water partition coefficient (Wildman–Crippen LogP) is 1.88. The highest BCUT2D eigenvalue weighted by molar-refractivity contribution is 7.80. The SMILES string of the molecule is CC(C)Oc1cc(C(=O)NC(N)=S)cc(Oc2ccc(C(=O)N3CCC3)cn2)n1. The molecule has 1 aliphatic rings. The zero-order valence-corrected chi connectivity index (χ0v) is 16.9. The Labute approximate surface area is 173 Å². The third-order valence-corrected chi connectivity index (χ3v) is 4.07. The monoisotopic (exact) mass is 415 g/mol. The van der Waals surface area contributed by atoms with Crippen LogP contribution in [0.1, 0.15) is 41.0 Å². The van der Waals surface area contributed by atoms with Crippen LogP contribution in [0.15, 0.2) is 30.5 Å². The molecule has 29 heavy (non-hydrogen) atoms. The van der Waals surface area contributed by atoms with E-state index < -0.39 is 5.91 Å². The Kier molecular flexibility index (Phi) is 6.23. The summed E-state index contributed by atoms with van der Waals surface area (Å²) in [6, 6.07) is 6.09. The van der Waals surface area contributed by atoms with E-state index in [2.05, 4.69) is 15.3 Å². The van der Waals surface area contributed by atoms with E-state index in [1.54, 1.807) is 17.0 Å². The lowest BCUT2D eigenvalue weighted by Crippen LogP contribution is -2.42. The first kappa shape index (κ1) is 20.5. The fraction of sp³-hybridized carbons (Fsp3) is 0.316. The van der Waals surface area contributed by atoms with Crippen LogP contribution < -0.4 is 20.5 Å². The highest BCUT2D eigenvalue weighted by atomic mass is 32.1. The maximum Gasteiger partial charge on any atom is 0.257 e. The molecule has 0 spiro atoms. The number of hydrogen-bond acceptors (Lipinski definition) is 7. The molecule has 2 aromatic rings. The van der Waals surface area contributed by atoms with Crippen LogP contribution in [0, 0.1) is 0 Å². The van der Waals surface area contributed by atoms with Gasteiger partial charge in [-0.1, -0.05) is 0 Å². The summed E-state index contributed by atoms with van der Waals surface area (Å²) in [7, 11) is 0. The first-order valence-corrected chi connectivity index (χ1v) is 9.45. The minimum absolute atomic E-state index is 0.0579. The number of likely N-dealkylation sites (tertiary alicyclic amines) is 1. The standard InChI is InChI=1S/C19H21N5O4S/c1-11(2)27-15-8-13(17(25)23-19(20)29)9-16(22-15)28-14-5-4-12(10-21-14)18(26)24-6-3-7-24/h4-5,8-11H,3,6-7H2,1-2H3,(H3,20,23,25,29). The van der Waals surface area contributed by atoms with Gasteiger partial charge in [0.2, 0.25) is 17.6 Å². The van der Waals surface area contributed by atoms with Crippen molar-refractivity contribution in [3.05, 3.63) is 41.6 Å². The molecule has 0 bridgehead atoms. The molecule has 0 aliphatic carbocycles. The summed E-state index contributed by atoms with van der Waals surface area (Å²) in [5.41, 5.74) is 6.06. The molecule has 1 saturated heterocycles. The Hall–Kier alpha value is -3.27. The van der Waals surface area contributed by atoms with Crippen molar-refractivity contribution >= 4 is 29.1 Å². The van der Waals surface area contributed by atoms with Crippen molar-refractivity contribution < 1.29 is 19.1 Å². The fourth-order valence-corrected chi connectivity index (χ4v) is 2.62. The summed E-state index contributed by atoms with van der Waals surface area (Å²) < 4.78 is 11.2. The molecule has 1 aliphatic heterocycles. The third-order valence-electron chi connectivity index (χ3n) is 3.97. The van der Waals surface area contributed by atoms with Gasteiger partial charge in [-0.25, -0.2) is 4.98 Å². The van der Waals surface area contributed by atoms with Crippen LogP contribution in [0.4, 0.5) is 0 Å². The van der Waals surface area contributed by atoms with Crippen molar-refractivity contribution in [2.24, 2.45) is 5.73 Å². The number of pyridine rings is 2. The normalized spacial score (nSPS) is 12.9. The van der Waals surface area contributed by atoms with E-state index in [4.69, 9.17) is 27.4 Å². The molecule has 3 heterocycles. The van der Waals surface area contributed by atoms with Crippen molar-refractivity contribution in [1.82, 2.24) is 20.2 Å². The second kappa shape index (κ2) is 8.82. The van der Waals surface area contributed by atoms with Crippen molar-refractivity contribution in [3.63, 3.8) is 0 Å². The van der Waals surface area contributed by atoms with Crippen LogP contribution in [0.5, 0.6) is 17.6 Å². The van der Waals surface area contributed by atoms with E-state index >= 15 is 0 Å². The van der Waals surface area contributed by atoms with Gasteiger partial charge in [0.15, 0.2) is 5.11 Å². The van der Waals surface area contributed by atoms with Crippen LogP contribution in [0.2, 0.25) is 0 Å². The molecule has 0 radical (unpaired) electrons. The topological polar surface area (TPSA) is 120 Å². The number of nitrogens with one attached hydrogen (secondary N) is 1. The quantitative estimate of drug-likeness (QED) is 0.686. The zero-order valence-electron chi connectivity index (χ0n) is 16.0. The molecule has 3 N–H and O–H groups in total. The van der Waals surface area contributed by atoms with E-state index in [1.807, 2.05) is 13.8 Å². The van der Waals surface area contributed by atoms with Gasteiger partial charge in [-0.15, -0.1) is 0 Å². The lowest BCUT2D eigenvalue weighted by molar-refractivity contribution is 0.0651. The molecule has 1 fully saturated rings. The van der Waals surface area contributed by atoms with Gasteiger partial charge in [-0.05, 0) is 38.6 Å². The highest BCUT2D eigenvalue weighted by Crippen LogP contribution is 2.24. The van der Waals surface area contributed by atoms with Crippen molar-refractivity contribution in [3.8, 4) is 17.6 Å². The minimum atomic E-state index is -0.512. The predicted molar refractivity (Wildman–Crippen MR) is 109 cm³/mol. The van der Waals surface area contributed by atoms with E-state index in [9.17, 15) is 9.59 Å². The summed E-state index contributed by atoms with van der Waals surface area (Å²) >= 11 is 4.70. The number of aromatic nitrogens is 2. The lowest BCUT2D eigenvalue weighted by Gasteiger charge is -2.30. The number of thiocarbonyl (C=S) groups is 1. The number of rotatable bonds is 6. The van der Waals surface area contributed by atoms with Gasteiger partial charge in [-0.2, -0.15) is 4.98 Å². The zero-order chi connectivity index (χ0) is 21.0. The molecule has 10 heteroatoms. The van der Waals surface area contributed by atoms with Crippen molar-refractivity contribution in [2.75, 3.05) is 13.1 Å². The first-order chi connectivity index (χ1) is 13.8. The van der Waals surface area contributed by atoms with E-state index in [-0.39, 0.29) is 40.3 Å². The highest BCUT2D eigenvalue weighted by Gasteiger charge is 2.22. The number of carbonyl (C=O) groups excluding carboxylic acids is 2. The fourth-order valence-electron chi connectivity index (χ4n) is 2.53. The third kappa shape index (κ3) is 5.38. The summed E-state index contributed by atoms with van der Waals surface area (Å²) in [6.45, 7) is 5.19. The lowest BCUT2D eigenvalue weighted by atomic mass is 10.1. The van der Waals surface area contributed by atoms with Gasteiger partial charge in [0.1, 0.15) is 0 Å². The van der Waals surface area contributed by atoms with E-state index in [0.29, 0.717) is 5.56 Å². The number of hydrogen-bond donors (Lipinski definition) is 2. The van der Waals surface area contributed by atoms with Gasteiger partial charge < -0.3 is 20.1 Å². The summed E-state index contributed by atoms with van der Waals surface area (Å²) in [5.74, 6) is -0.0416. The number of nitrogens with zero attached hydrogens (tertiary/aromatic N) is 3. The number of amides is 2. The molecular formula is C19H21N5O4S. The van der Waals surface area contributed by atoms with Gasteiger partial charge >= 0.3 is 0 Å². The molecule has 0 saturated carbocycles. The van der Waals surface area contributed by atoms with Gasteiger partial charge in [-0.3, -0.25) is 14.9 Å².